The zero-order valence-electron chi connectivity index (χ0n) is 13.6. The van der Waals surface area contributed by atoms with Crippen molar-refractivity contribution in [3.63, 3.8) is 0 Å². The summed E-state index contributed by atoms with van der Waals surface area (Å²) in [5, 5.41) is 9.05. The highest BCUT2D eigenvalue weighted by Crippen LogP contribution is 2.13. The third kappa shape index (κ3) is 6.52. The number of para-hydroxylation sites is 2. The fourth-order valence-corrected chi connectivity index (χ4v) is 1.98. The van der Waals surface area contributed by atoms with Crippen LogP contribution in [0.1, 0.15) is 16.8 Å². The van der Waals surface area contributed by atoms with Crippen molar-refractivity contribution in [2.24, 2.45) is 0 Å². The lowest BCUT2D eigenvalue weighted by Crippen LogP contribution is -2.33. The van der Waals surface area contributed by atoms with Crippen LogP contribution in [-0.2, 0) is 9.53 Å². The van der Waals surface area contributed by atoms with E-state index in [2.05, 4.69) is 10.9 Å². The largest absolute Gasteiger partial charge is 0.494 e. The molecule has 0 saturated carbocycles. The molecule has 25 heavy (non-hydrogen) atoms. The Labute approximate surface area is 145 Å². The molecule has 0 bridgehead atoms. The Morgan fingerprint density at radius 2 is 1.68 bits per heavy atom. The van der Waals surface area contributed by atoms with E-state index in [1.165, 1.54) is 6.07 Å². The van der Waals surface area contributed by atoms with Crippen molar-refractivity contribution in [2.75, 3.05) is 25.2 Å². The number of rotatable bonds is 10. The molecule has 0 saturated heterocycles. The van der Waals surface area contributed by atoms with E-state index >= 15 is 0 Å². The van der Waals surface area contributed by atoms with Crippen molar-refractivity contribution >= 4 is 17.6 Å². The van der Waals surface area contributed by atoms with Crippen molar-refractivity contribution in [1.82, 2.24) is 5.43 Å². The topological polar surface area (TPSA) is 96.9 Å². The van der Waals surface area contributed by atoms with Crippen LogP contribution < -0.4 is 15.6 Å². The molecule has 0 spiro atoms. The summed E-state index contributed by atoms with van der Waals surface area (Å²) in [7, 11) is 0. The van der Waals surface area contributed by atoms with Crippen molar-refractivity contribution in [1.29, 1.82) is 0 Å². The van der Waals surface area contributed by atoms with Crippen LogP contribution in [0.5, 0.6) is 5.75 Å². The summed E-state index contributed by atoms with van der Waals surface area (Å²) in [5.74, 6) is -0.683. The van der Waals surface area contributed by atoms with Gasteiger partial charge in [0.2, 0.25) is 0 Å². The summed E-state index contributed by atoms with van der Waals surface area (Å²) in [6.07, 6.45) is 0.650. The predicted molar refractivity (Wildman–Crippen MR) is 92.5 cm³/mol. The number of hydrogen-bond acceptors (Lipinski definition) is 5. The molecule has 0 fully saturated rings. The van der Waals surface area contributed by atoms with Gasteiger partial charge in [0, 0.05) is 6.42 Å². The van der Waals surface area contributed by atoms with E-state index in [0.29, 0.717) is 25.3 Å². The molecular formula is C18H20N2O5. The Morgan fingerprint density at radius 1 is 0.960 bits per heavy atom. The first-order valence-electron chi connectivity index (χ1n) is 7.79. The van der Waals surface area contributed by atoms with E-state index in [0.717, 1.165) is 5.75 Å². The lowest BCUT2D eigenvalue weighted by molar-refractivity contribution is -0.125. The van der Waals surface area contributed by atoms with E-state index in [4.69, 9.17) is 14.6 Å². The third-order valence-electron chi connectivity index (χ3n) is 3.17. The van der Waals surface area contributed by atoms with Gasteiger partial charge in [0.05, 0.1) is 24.5 Å². The molecule has 0 aliphatic carbocycles. The van der Waals surface area contributed by atoms with E-state index in [1.54, 1.807) is 18.2 Å². The van der Waals surface area contributed by atoms with Gasteiger partial charge in [-0.3, -0.25) is 15.6 Å². The second kappa shape index (κ2) is 9.94. The summed E-state index contributed by atoms with van der Waals surface area (Å²) in [6, 6.07) is 15.7. The van der Waals surface area contributed by atoms with E-state index < -0.39 is 11.9 Å². The lowest BCUT2D eigenvalue weighted by Gasteiger charge is -2.11. The lowest BCUT2D eigenvalue weighted by atomic mass is 10.2. The zero-order chi connectivity index (χ0) is 17.9. The number of carbonyl (C=O) groups excluding carboxylic acids is 1. The Hall–Kier alpha value is -3.06. The number of hydrogen-bond donors (Lipinski definition) is 3. The second-order valence-corrected chi connectivity index (χ2v) is 5.09. The van der Waals surface area contributed by atoms with Gasteiger partial charge in [0.1, 0.15) is 12.4 Å². The molecule has 7 nitrogen and oxygen atoms in total. The van der Waals surface area contributed by atoms with Crippen molar-refractivity contribution < 1.29 is 24.2 Å². The smallest absolute Gasteiger partial charge is 0.337 e. The minimum atomic E-state index is -1.08. The summed E-state index contributed by atoms with van der Waals surface area (Å²) >= 11 is 0. The highest BCUT2D eigenvalue weighted by Gasteiger charge is 2.09. The monoisotopic (exact) mass is 344 g/mol. The summed E-state index contributed by atoms with van der Waals surface area (Å²) in [5.41, 5.74) is 5.36. The van der Waals surface area contributed by atoms with Crippen LogP contribution in [0.15, 0.2) is 54.6 Å². The predicted octanol–water partition coefficient (Wildman–Crippen LogP) is 2.31. The number of ether oxygens (including phenoxy) is 2. The van der Waals surface area contributed by atoms with Gasteiger partial charge in [-0.2, -0.15) is 0 Å². The molecule has 0 heterocycles. The normalized spacial score (nSPS) is 10.1. The van der Waals surface area contributed by atoms with Crippen LogP contribution >= 0.6 is 0 Å². The van der Waals surface area contributed by atoms with Crippen molar-refractivity contribution in [2.45, 2.75) is 6.42 Å². The number of nitrogens with one attached hydrogen (secondary N) is 2. The molecule has 0 atom stereocenters. The Bertz CT molecular complexity index is 691. The minimum Gasteiger partial charge on any atom is -0.494 e. The van der Waals surface area contributed by atoms with Crippen LogP contribution in [-0.4, -0.2) is 36.8 Å². The van der Waals surface area contributed by atoms with Gasteiger partial charge in [-0.25, -0.2) is 4.79 Å². The van der Waals surface area contributed by atoms with Gasteiger partial charge >= 0.3 is 5.97 Å². The van der Waals surface area contributed by atoms with E-state index in [1.807, 2.05) is 30.3 Å². The summed E-state index contributed by atoms with van der Waals surface area (Å²) < 4.78 is 10.8. The standard InChI is InChI=1S/C18H20N2O5/c21-17(20-19-16-10-5-4-9-15(16)18(22)23)13-24-11-6-12-25-14-7-2-1-3-8-14/h1-5,7-10,19H,6,11-13H2,(H,20,21)(H,22,23). The number of carboxylic acids is 1. The first kappa shape index (κ1) is 18.3. The quantitative estimate of drug-likeness (QED) is 0.452. The molecule has 2 rings (SSSR count). The number of benzene rings is 2. The van der Waals surface area contributed by atoms with Gasteiger partial charge in [0.25, 0.3) is 5.91 Å². The zero-order valence-corrected chi connectivity index (χ0v) is 13.6. The van der Waals surface area contributed by atoms with E-state index in [-0.39, 0.29) is 12.2 Å². The maximum Gasteiger partial charge on any atom is 0.337 e. The molecule has 0 unspecified atom stereocenters. The molecule has 0 aliphatic rings. The molecule has 1 amide bonds. The second-order valence-electron chi connectivity index (χ2n) is 5.09. The van der Waals surface area contributed by atoms with Gasteiger partial charge in [0.15, 0.2) is 0 Å². The maximum atomic E-state index is 11.7. The molecule has 2 aromatic carbocycles. The van der Waals surface area contributed by atoms with Crippen LogP contribution in [0.2, 0.25) is 0 Å². The number of carbonyl (C=O) groups is 2. The molecule has 0 radical (unpaired) electrons. The number of anilines is 1. The van der Waals surface area contributed by atoms with Gasteiger partial charge in [-0.1, -0.05) is 30.3 Å². The number of carboxylic acid groups (broad SMARTS) is 1. The minimum absolute atomic E-state index is 0.0711. The van der Waals surface area contributed by atoms with Gasteiger partial charge in [-0.15, -0.1) is 0 Å². The molecule has 3 N–H and O–H groups in total. The molecule has 2 aromatic rings. The highest BCUT2D eigenvalue weighted by molar-refractivity contribution is 5.94. The fraction of sp³-hybridized carbons (Fsp3) is 0.222. The van der Waals surface area contributed by atoms with E-state index in [9.17, 15) is 9.59 Å². The van der Waals surface area contributed by atoms with Crippen LogP contribution in [0.25, 0.3) is 0 Å². The summed E-state index contributed by atoms with van der Waals surface area (Å²) in [4.78, 5) is 22.7. The average Bonchev–Trinajstić information content (AvgIpc) is 2.64. The summed E-state index contributed by atoms with van der Waals surface area (Å²) in [6.45, 7) is 0.745. The van der Waals surface area contributed by atoms with Crippen molar-refractivity contribution in [3.8, 4) is 5.75 Å². The molecule has 7 heteroatoms. The number of hydrazine groups is 1. The Balaban J connectivity index is 1.59. The van der Waals surface area contributed by atoms with Gasteiger partial charge in [-0.05, 0) is 24.3 Å². The maximum absolute atomic E-state index is 11.7. The third-order valence-corrected chi connectivity index (χ3v) is 3.17. The first-order valence-corrected chi connectivity index (χ1v) is 7.79. The number of amides is 1. The highest BCUT2D eigenvalue weighted by atomic mass is 16.5. The van der Waals surface area contributed by atoms with Crippen LogP contribution in [0.3, 0.4) is 0 Å². The first-order chi connectivity index (χ1) is 12.2. The fourth-order valence-electron chi connectivity index (χ4n) is 1.98. The van der Waals surface area contributed by atoms with Crippen molar-refractivity contribution in [3.05, 3.63) is 60.2 Å². The number of aromatic carboxylic acids is 1. The van der Waals surface area contributed by atoms with Gasteiger partial charge < -0.3 is 14.6 Å². The average molecular weight is 344 g/mol. The van der Waals surface area contributed by atoms with Crippen LogP contribution in [0.4, 0.5) is 5.69 Å². The Morgan fingerprint density at radius 3 is 2.44 bits per heavy atom. The SMILES string of the molecule is O=C(COCCCOc1ccccc1)NNc1ccccc1C(=O)O. The Kier molecular flexibility index (Phi) is 7.27. The molecule has 0 aliphatic heterocycles. The molecular weight excluding hydrogens is 324 g/mol. The molecule has 132 valence electrons. The van der Waals surface area contributed by atoms with Crippen LogP contribution in [0, 0.1) is 0 Å². The molecule has 0 aromatic heterocycles.